The lowest BCUT2D eigenvalue weighted by Crippen LogP contribution is -2.21. The van der Waals surface area contributed by atoms with Crippen molar-refractivity contribution in [1.82, 2.24) is 10.5 Å². The van der Waals surface area contributed by atoms with Gasteiger partial charge >= 0.3 is 0 Å². The van der Waals surface area contributed by atoms with E-state index in [2.05, 4.69) is 10.5 Å². The van der Waals surface area contributed by atoms with E-state index in [1.807, 2.05) is 12.1 Å². The van der Waals surface area contributed by atoms with Gasteiger partial charge in [0.1, 0.15) is 11.8 Å². The lowest BCUT2D eigenvalue weighted by molar-refractivity contribution is -0.0244. The van der Waals surface area contributed by atoms with Crippen LogP contribution in [0.15, 0.2) is 18.3 Å². The summed E-state index contributed by atoms with van der Waals surface area (Å²) in [6, 6.07) is 5.67. The molecule has 84 valence electrons. The first-order valence-corrected chi connectivity index (χ1v) is 5.62. The largest absolute Gasteiger partial charge is 0.298 e. The Bertz CT molecular complexity index is 380. The molecule has 1 aromatic rings. The summed E-state index contributed by atoms with van der Waals surface area (Å²) in [6.45, 7) is 0.619. The van der Waals surface area contributed by atoms with Crippen LogP contribution in [0.1, 0.15) is 36.9 Å². The molecule has 1 aliphatic rings. The van der Waals surface area contributed by atoms with Gasteiger partial charge in [-0.3, -0.25) is 4.84 Å². The predicted molar refractivity (Wildman–Crippen MR) is 59.1 cm³/mol. The van der Waals surface area contributed by atoms with Gasteiger partial charge in [-0.2, -0.15) is 10.7 Å². The van der Waals surface area contributed by atoms with E-state index in [-0.39, 0.29) is 0 Å². The third-order valence-corrected chi connectivity index (χ3v) is 2.77. The van der Waals surface area contributed by atoms with E-state index >= 15 is 0 Å². The molecule has 1 aromatic heterocycles. The molecule has 1 N–H and O–H groups in total. The Hall–Kier alpha value is -1.44. The summed E-state index contributed by atoms with van der Waals surface area (Å²) < 4.78 is 0. The minimum atomic E-state index is 0.359. The van der Waals surface area contributed by atoms with Gasteiger partial charge in [0.25, 0.3) is 0 Å². The first-order chi connectivity index (χ1) is 7.88. The van der Waals surface area contributed by atoms with Crippen molar-refractivity contribution in [2.75, 3.05) is 0 Å². The Morgan fingerprint density at radius 1 is 1.50 bits per heavy atom. The molecule has 1 heterocycles. The van der Waals surface area contributed by atoms with E-state index < -0.39 is 0 Å². The third kappa shape index (κ3) is 3.02. The molecule has 0 unspecified atom stereocenters. The molecule has 16 heavy (non-hydrogen) atoms. The second-order valence-electron chi connectivity index (χ2n) is 4.01. The second kappa shape index (κ2) is 5.59. The number of pyridine rings is 1. The third-order valence-electron chi connectivity index (χ3n) is 2.77. The number of aromatic nitrogens is 1. The molecule has 0 radical (unpaired) electrons. The van der Waals surface area contributed by atoms with Crippen LogP contribution in [0.2, 0.25) is 0 Å². The summed E-state index contributed by atoms with van der Waals surface area (Å²) in [5.41, 5.74) is 4.42. The zero-order chi connectivity index (χ0) is 11.2. The van der Waals surface area contributed by atoms with Crippen LogP contribution in [0.5, 0.6) is 0 Å². The van der Waals surface area contributed by atoms with Crippen molar-refractivity contribution >= 4 is 0 Å². The van der Waals surface area contributed by atoms with Gasteiger partial charge in [-0.05, 0) is 30.5 Å². The molecule has 0 aliphatic heterocycles. The summed E-state index contributed by atoms with van der Waals surface area (Å²) in [4.78, 5) is 9.44. The summed E-state index contributed by atoms with van der Waals surface area (Å²) in [5, 5.41) is 8.70. The summed E-state index contributed by atoms with van der Waals surface area (Å²) in [7, 11) is 0. The molecule has 0 amide bonds. The standard InChI is InChI=1S/C12H15N3O/c13-8-11-7-10(5-6-14-11)9-15-16-12-3-1-2-4-12/h5-7,12,15H,1-4,9H2. The topological polar surface area (TPSA) is 57.9 Å². The fraction of sp³-hybridized carbons (Fsp3) is 0.500. The molecule has 0 aromatic carbocycles. The minimum absolute atomic E-state index is 0.359. The molecule has 1 saturated carbocycles. The summed E-state index contributed by atoms with van der Waals surface area (Å²) >= 11 is 0. The lowest BCUT2D eigenvalue weighted by Gasteiger charge is -2.11. The van der Waals surface area contributed by atoms with Gasteiger partial charge < -0.3 is 0 Å². The van der Waals surface area contributed by atoms with Crippen molar-refractivity contribution in [3.8, 4) is 6.07 Å². The fourth-order valence-corrected chi connectivity index (χ4v) is 1.89. The monoisotopic (exact) mass is 217 g/mol. The van der Waals surface area contributed by atoms with Gasteiger partial charge in [0.2, 0.25) is 0 Å². The molecule has 0 spiro atoms. The molecule has 0 bridgehead atoms. The average Bonchev–Trinajstić information content (AvgIpc) is 2.82. The number of hydrogen-bond acceptors (Lipinski definition) is 4. The Balaban J connectivity index is 1.78. The van der Waals surface area contributed by atoms with E-state index in [4.69, 9.17) is 10.1 Å². The first kappa shape index (κ1) is 11.1. The number of hydrogen-bond donors (Lipinski definition) is 1. The van der Waals surface area contributed by atoms with E-state index in [1.165, 1.54) is 12.8 Å². The molecule has 2 rings (SSSR count). The van der Waals surface area contributed by atoms with E-state index in [0.29, 0.717) is 18.3 Å². The van der Waals surface area contributed by atoms with Crippen molar-refractivity contribution in [3.63, 3.8) is 0 Å². The maximum atomic E-state index is 8.70. The number of hydroxylamine groups is 1. The van der Waals surface area contributed by atoms with E-state index in [9.17, 15) is 0 Å². The first-order valence-electron chi connectivity index (χ1n) is 5.62. The van der Waals surface area contributed by atoms with Gasteiger partial charge in [0.15, 0.2) is 0 Å². The quantitative estimate of drug-likeness (QED) is 0.783. The highest BCUT2D eigenvalue weighted by molar-refractivity contribution is 5.25. The van der Waals surface area contributed by atoms with E-state index in [0.717, 1.165) is 18.4 Å². The Morgan fingerprint density at radius 2 is 2.31 bits per heavy atom. The highest BCUT2D eigenvalue weighted by atomic mass is 16.7. The van der Waals surface area contributed by atoms with Gasteiger partial charge in [0, 0.05) is 12.7 Å². The van der Waals surface area contributed by atoms with Crippen molar-refractivity contribution in [3.05, 3.63) is 29.6 Å². The normalized spacial score (nSPS) is 16.2. The van der Waals surface area contributed by atoms with Crippen LogP contribution in [0, 0.1) is 11.3 Å². The molecule has 1 fully saturated rings. The van der Waals surface area contributed by atoms with Crippen molar-refractivity contribution in [1.29, 1.82) is 5.26 Å². The smallest absolute Gasteiger partial charge is 0.140 e. The second-order valence-corrected chi connectivity index (χ2v) is 4.01. The molecule has 4 nitrogen and oxygen atoms in total. The van der Waals surface area contributed by atoms with Crippen molar-refractivity contribution in [2.24, 2.45) is 0 Å². The van der Waals surface area contributed by atoms with Crippen molar-refractivity contribution < 1.29 is 4.84 Å². The van der Waals surface area contributed by atoms with Crippen LogP contribution >= 0.6 is 0 Å². The molecular formula is C12H15N3O. The Kier molecular flexibility index (Phi) is 3.86. The van der Waals surface area contributed by atoms with Crippen LogP contribution in [-0.2, 0) is 11.4 Å². The molecule has 0 atom stereocenters. The number of nitriles is 1. The van der Waals surface area contributed by atoms with Crippen LogP contribution in [0.25, 0.3) is 0 Å². The SMILES string of the molecule is N#Cc1cc(CNOC2CCCC2)ccn1. The zero-order valence-electron chi connectivity index (χ0n) is 9.15. The number of nitrogens with zero attached hydrogens (tertiary/aromatic N) is 2. The predicted octanol–water partition coefficient (Wildman–Crippen LogP) is 1.92. The van der Waals surface area contributed by atoms with Gasteiger partial charge in [-0.1, -0.05) is 12.8 Å². The lowest BCUT2D eigenvalue weighted by atomic mass is 10.2. The Labute approximate surface area is 95.2 Å². The van der Waals surface area contributed by atoms with Crippen LogP contribution in [0.4, 0.5) is 0 Å². The minimum Gasteiger partial charge on any atom is -0.298 e. The van der Waals surface area contributed by atoms with Crippen LogP contribution in [0.3, 0.4) is 0 Å². The molecule has 0 saturated heterocycles. The van der Waals surface area contributed by atoms with E-state index in [1.54, 1.807) is 12.3 Å². The summed E-state index contributed by atoms with van der Waals surface area (Å²) in [5.74, 6) is 0. The maximum Gasteiger partial charge on any atom is 0.140 e. The molecule has 1 aliphatic carbocycles. The zero-order valence-corrected chi connectivity index (χ0v) is 9.15. The highest BCUT2D eigenvalue weighted by Crippen LogP contribution is 2.19. The van der Waals surface area contributed by atoms with Gasteiger partial charge in [0.05, 0.1) is 6.10 Å². The highest BCUT2D eigenvalue weighted by Gasteiger charge is 2.15. The van der Waals surface area contributed by atoms with Gasteiger partial charge in [-0.25, -0.2) is 4.98 Å². The number of nitrogens with one attached hydrogen (secondary N) is 1. The molecular weight excluding hydrogens is 202 g/mol. The van der Waals surface area contributed by atoms with Crippen LogP contribution in [-0.4, -0.2) is 11.1 Å². The maximum absolute atomic E-state index is 8.70. The average molecular weight is 217 g/mol. The number of rotatable bonds is 4. The Morgan fingerprint density at radius 3 is 3.06 bits per heavy atom. The summed E-state index contributed by atoms with van der Waals surface area (Å²) in [6.07, 6.45) is 6.82. The molecule has 4 heteroatoms. The van der Waals surface area contributed by atoms with Gasteiger partial charge in [-0.15, -0.1) is 0 Å². The van der Waals surface area contributed by atoms with Crippen molar-refractivity contribution in [2.45, 2.75) is 38.3 Å². The van der Waals surface area contributed by atoms with Crippen LogP contribution < -0.4 is 5.48 Å². The fourth-order valence-electron chi connectivity index (χ4n) is 1.89.